The molecule has 1 saturated carbocycles. The number of hydrogen-bond donors (Lipinski definition) is 1. The molecule has 2 heterocycles. The molecular formula is C24H23N3O4S. The van der Waals surface area contributed by atoms with Gasteiger partial charge in [0.15, 0.2) is 5.78 Å². The molecule has 7 nitrogen and oxygen atoms in total. The first-order valence-corrected chi connectivity index (χ1v) is 11.2. The molecule has 0 unspecified atom stereocenters. The molecule has 1 fully saturated rings. The van der Waals surface area contributed by atoms with Gasteiger partial charge in [-0.2, -0.15) is 0 Å². The van der Waals surface area contributed by atoms with E-state index in [1.807, 2.05) is 36.4 Å². The van der Waals surface area contributed by atoms with Gasteiger partial charge in [-0.3, -0.25) is 15.0 Å². The maximum absolute atomic E-state index is 13.0. The standard InChI is InChI=1S/C24H23N3O4S/c1-3-31-24(30)21-15(2)19-22(32-21)25-14-27(23(19)29)26-13-18-11-7-10-17(20(18)28)12-16-8-5-4-6-9-16/h4-6,8-9,12-14,26H,3,7,10-11H2,1-2H3/b17-12?,18-13+. The van der Waals surface area contributed by atoms with Crippen molar-refractivity contribution in [2.24, 2.45) is 0 Å². The highest BCUT2D eigenvalue weighted by Gasteiger charge is 2.22. The van der Waals surface area contributed by atoms with Gasteiger partial charge < -0.3 is 4.74 Å². The third kappa shape index (κ3) is 4.27. The number of carbonyl (C=O) groups excluding carboxylic acids is 2. The predicted molar refractivity (Wildman–Crippen MR) is 125 cm³/mol. The maximum atomic E-state index is 13.0. The van der Waals surface area contributed by atoms with E-state index in [-0.39, 0.29) is 17.9 Å². The van der Waals surface area contributed by atoms with Gasteiger partial charge in [-0.25, -0.2) is 14.5 Å². The number of rotatable bonds is 5. The average molecular weight is 450 g/mol. The number of allylic oxidation sites excluding steroid dienone is 2. The Morgan fingerprint density at radius 1 is 1.22 bits per heavy atom. The van der Waals surface area contributed by atoms with E-state index in [0.29, 0.717) is 32.7 Å². The highest BCUT2D eigenvalue weighted by molar-refractivity contribution is 7.20. The van der Waals surface area contributed by atoms with Crippen molar-refractivity contribution >= 4 is 39.4 Å². The third-order valence-electron chi connectivity index (χ3n) is 5.31. The molecular weight excluding hydrogens is 426 g/mol. The highest BCUT2D eigenvalue weighted by atomic mass is 32.1. The van der Waals surface area contributed by atoms with Crippen LogP contribution >= 0.6 is 11.3 Å². The molecule has 1 aliphatic rings. The summed E-state index contributed by atoms with van der Waals surface area (Å²) in [6.07, 6.45) is 7.07. The molecule has 3 aromatic rings. The number of nitrogens with zero attached hydrogens (tertiary/aromatic N) is 2. The second-order valence-corrected chi connectivity index (χ2v) is 8.44. The van der Waals surface area contributed by atoms with Crippen LogP contribution in [0.15, 0.2) is 58.8 Å². The summed E-state index contributed by atoms with van der Waals surface area (Å²) in [5.41, 5.74) is 5.47. The number of thiophene rings is 1. The molecule has 2 aromatic heterocycles. The van der Waals surface area contributed by atoms with Crippen LogP contribution in [0.3, 0.4) is 0 Å². The van der Waals surface area contributed by atoms with Crippen LogP contribution in [0.1, 0.15) is 47.0 Å². The molecule has 8 heteroatoms. The van der Waals surface area contributed by atoms with E-state index in [9.17, 15) is 14.4 Å². The van der Waals surface area contributed by atoms with Crippen molar-refractivity contribution < 1.29 is 14.3 Å². The molecule has 164 valence electrons. The number of Topliss-reactive ketones (excluding diaryl/α,β-unsaturated/α-hetero) is 1. The van der Waals surface area contributed by atoms with Crippen LogP contribution in [0.5, 0.6) is 0 Å². The van der Waals surface area contributed by atoms with Crippen molar-refractivity contribution in [3.63, 3.8) is 0 Å². The summed E-state index contributed by atoms with van der Waals surface area (Å²) >= 11 is 1.14. The summed E-state index contributed by atoms with van der Waals surface area (Å²) in [4.78, 5) is 43.2. The molecule has 1 aliphatic carbocycles. The number of carbonyl (C=O) groups is 2. The van der Waals surface area contributed by atoms with Gasteiger partial charge in [0.25, 0.3) is 5.56 Å². The molecule has 1 N–H and O–H groups in total. The lowest BCUT2D eigenvalue weighted by atomic mass is 9.88. The molecule has 0 radical (unpaired) electrons. The Labute approximate surface area is 189 Å². The van der Waals surface area contributed by atoms with Crippen molar-refractivity contribution in [1.29, 1.82) is 0 Å². The van der Waals surface area contributed by atoms with Crippen LogP contribution < -0.4 is 11.0 Å². The van der Waals surface area contributed by atoms with Gasteiger partial charge in [0, 0.05) is 17.3 Å². The fourth-order valence-corrected chi connectivity index (χ4v) is 4.72. The summed E-state index contributed by atoms with van der Waals surface area (Å²) in [6.45, 7) is 3.70. The molecule has 0 saturated heterocycles. The number of aryl methyl sites for hydroxylation is 1. The molecule has 0 amide bonds. The van der Waals surface area contributed by atoms with Crippen LogP contribution in [-0.4, -0.2) is 28.0 Å². The van der Waals surface area contributed by atoms with E-state index in [1.165, 1.54) is 11.0 Å². The number of ether oxygens (including phenoxy) is 1. The summed E-state index contributed by atoms with van der Waals surface area (Å²) in [5.74, 6) is -0.481. The number of hydrogen-bond acceptors (Lipinski definition) is 7. The lowest BCUT2D eigenvalue weighted by molar-refractivity contribution is -0.112. The normalized spacial score (nSPS) is 16.6. The largest absolute Gasteiger partial charge is 0.462 e. The Balaban J connectivity index is 1.60. The van der Waals surface area contributed by atoms with Gasteiger partial charge in [-0.05, 0) is 50.3 Å². The number of esters is 1. The fraction of sp³-hybridized carbons (Fsp3) is 0.250. The first kappa shape index (κ1) is 21.7. The van der Waals surface area contributed by atoms with Crippen LogP contribution in [0.25, 0.3) is 16.3 Å². The zero-order valence-electron chi connectivity index (χ0n) is 17.9. The molecule has 0 atom stereocenters. The Hall–Kier alpha value is -3.52. The van der Waals surface area contributed by atoms with Gasteiger partial charge in [-0.1, -0.05) is 30.3 Å². The quantitative estimate of drug-likeness (QED) is 0.464. The Bertz CT molecular complexity index is 1300. The molecule has 4 rings (SSSR count). The maximum Gasteiger partial charge on any atom is 0.348 e. The Kier molecular flexibility index (Phi) is 6.32. The number of nitrogens with one attached hydrogen (secondary N) is 1. The Morgan fingerprint density at radius 3 is 2.72 bits per heavy atom. The lowest BCUT2D eigenvalue weighted by Gasteiger charge is -2.17. The van der Waals surface area contributed by atoms with Crippen molar-refractivity contribution in [1.82, 2.24) is 9.66 Å². The number of benzene rings is 1. The van der Waals surface area contributed by atoms with Gasteiger partial charge >= 0.3 is 5.97 Å². The second-order valence-electron chi connectivity index (χ2n) is 7.44. The van der Waals surface area contributed by atoms with E-state index in [2.05, 4.69) is 10.4 Å². The SMILES string of the molecule is CCOC(=O)c1sc2ncn(N/C=C3\CCCC(=Cc4ccccc4)C3=O)c(=O)c2c1C. The molecule has 32 heavy (non-hydrogen) atoms. The molecule has 0 spiro atoms. The number of fused-ring (bicyclic) bond motifs is 1. The minimum atomic E-state index is -0.459. The summed E-state index contributed by atoms with van der Waals surface area (Å²) in [7, 11) is 0. The van der Waals surface area contributed by atoms with Crippen molar-refractivity contribution in [2.75, 3.05) is 12.0 Å². The smallest absolute Gasteiger partial charge is 0.348 e. The van der Waals surface area contributed by atoms with E-state index in [4.69, 9.17) is 4.74 Å². The van der Waals surface area contributed by atoms with Crippen molar-refractivity contribution in [3.05, 3.63) is 80.4 Å². The first-order valence-electron chi connectivity index (χ1n) is 10.4. The van der Waals surface area contributed by atoms with Crippen molar-refractivity contribution in [2.45, 2.75) is 33.1 Å². The van der Waals surface area contributed by atoms with E-state index in [0.717, 1.165) is 35.3 Å². The fourth-order valence-electron chi connectivity index (χ4n) is 3.68. The van der Waals surface area contributed by atoms with Gasteiger partial charge in [0.1, 0.15) is 16.0 Å². The van der Waals surface area contributed by atoms with Crippen LogP contribution in [0.4, 0.5) is 0 Å². The lowest BCUT2D eigenvalue weighted by Crippen LogP contribution is -2.27. The number of ketones is 1. The number of aromatic nitrogens is 2. The molecule has 1 aromatic carbocycles. The summed E-state index contributed by atoms with van der Waals surface area (Å²) < 4.78 is 6.30. The highest BCUT2D eigenvalue weighted by Crippen LogP contribution is 2.28. The monoisotopic (exact) mass is 449 g/mol. The average Bonchev–Trinajstić information content (AvgIpc) is 3.13. The zero-order valence-corrected chi connectivity index (χ0v) is 18.7. The molecule has 0 bridgehead atoms. The van der Waals surface area contributed by atoms with Crippen LogP contribution in [-0.2, 0) is 9.53 Å². The van der Waals surface area contributed by atoms with E-state index in [1.54, 1.807) is 20.0 Å². The minimum absolute atomic E-state index is 0.0222. The topological polar surface area (TPSA) is 90.3 Å². The van der Waals surface area contributed by atoms with E-state index >= 15 is 0 Å². The van der Waals surface area contributed by atoms with Gasteiger partial charge in [0.05, 0.1) is 12.0 Å². The van der Waals surface area contributed by atoms with Crippen LogP contribution in [0, 0.1) is 6.92 Å². The van der Waals surface area contributed by atoms with Crippen molar-refractivity contribution in [3.8, 4) is 0 Å². The minimum Gasteiger partial charge on any atom is -0.462 e. The van der Waals surface area contributed by atoms with E-state index < -0.39 is 5.97 Å². The second kappa shape index (κ2) is 9.32. The first-order chi connectivity index (χ1) is 15.5. The van der Waals surface area contributed by atoms with Crippen LogP contribution in [0.2, 0.25) is 0 Å². The van der Waals surface area contributed by atoms with Gasteiger partial charge in [-0.15, -0.1) is 11.3 Å². The summed E-state index contributed by atoms with van der Waals surface area (Å²) in [5, 5.41) is 0.367. The van der Waals surface area contributed by atoms with Gasteiger partial charge in [0.2, 0.25) is 0 Å². The molecule has 0 aliphatic heterocycles. The summed E-state index contributed by atoms with van der Waals surface area (Å²) in [6, 6.07) is 9.74. The predicted octanol–water partition coefficient (Wildman–Crippen LogP) is 4.21. The third-order valence-corrected chi connectivity index (χ3v) is 6.49. The Morgan fingerprint density at radius 2 is 1.97 bits per heavy atom. The zero-order chi connectivity index (χ0) is 22.7.